The fourth-order valence-corrected chi connectivity index (χ4v) is 2.09. The molecule has 0 aliphatic carbocycles. The summed E-state index contributed by atoms with van der Waals surface area (Å²) in [6.45, 7) is 1.33. The molecule has 6 heteroatoms. The van der Waals surface area contributed by atoms with E-state index >= 15 is 0 Å². The van der Waals surface area contributed by atoms with Crippen LogP contribution < -0.4 is 10.6 Å². The number of nitrogens with zero attached hydrogens (tertiary/aromatic N) is 2. The maximum Gasteiger partial charge on any atom is 0.272 e. The summed E-state index contributed by atoms with van der Waals surface area (Å²) in [6, 6.07) is 3.76. The van der Waals surface area contributed by atoms with E-state index in [1.54, 1.807) is 0 Å². The van der Waals surface area contributed by atoms with Crippen LogP contribution >= 0.6 is 0 Å². The Kier molecular flexibility index (Phi) is 3.23. The molecule has 1 saturated heterocycles. The van der Waals surface area contributed by atoms with Crippen molar-refractivity contribution in [2.24, 2.45) is 5.73 Å². The lowest BCUT2D eigenvalue weighted by atomic mass is 10.1. The SMILES string of the molecule is NC1CCCN(c2ccc([N+](=O)[O-])cc2F)C1. The third-order valence-electron chi connectivity index (χ3n) is 2.94. The number of halogens is 1. The van der Waals surface area contributed by atoms with Crippen molar-refractivity contribution in [2.45, 2.75) is 18.9 Å². The molecule has 2 N–H and O–H groups in total. The molecule has 1 aromatic carbocycles. The smallest absolute Gasteiger partial charge is 0.272 e. The fourth-order valence-electron chi connectivity index (χ4n) is 2.09. The molecule has 1 heterocycles. The average molecular weight is 239 g/mol. The van der Waals surface area contributed by atoms with E-state index in [4.69, 9.17) is 5.73 Å². The van der Waals surface area contributed by atoms with Crippen molar-refractivity contribution in [1.82, 2.24) is 0 Å². The van der Waals surface area contributed by atoms with Crippen LogP contribution in [-0.2, 0) is 0 Å². The molecule has 1 aliphatic heterocycles. The van der Waals surface area contributed by atoms with Crippen LogP contribution in [0.3, 0.4) is 0 Å². The van der Waals surface area contributed by atoms with Gasteiger partial charge in [-0.05, 0) is 18.9 Å². The monoisotopic (exact) mass is 239 g/mol. The highest BCUT2D eigenvalue weighted by Crippen LogP contribution is 2.26. The topological polar surface area (TPSA) is 72.4 Å². The standard InChI is InChI=1S/C11H14FN3O2/c12-10-6-9(15(16)17)3-4-11(10)14-5-1-2-8(13)7-14/h3-4,6,8H,1-2,5,7,13H2. The Morgan fingerprint density at radius 2 is 2.29 bits per heavy atom. The molecule has 1 fully saturated rings. The second kappa shape index (κ2) is 4.67. The van der Waals surface area contributed by atoms with Crippen LogP contribution in [0.15, 0.2) is 18.2 Å². The van der Waals surface area contributed by atoms with E-state index in [1.807, 2.05) is 4.90 Å². The largest absolute Gasteiger partial charge is 0.368 e. The number of anilines is 1. The van der Waals surface area contributed by atoms with Crippen molar-refractivity contribution < 1.29 is 9.31 Å². The van der Waals surface area contributed by atoms with Crippen molar-refractivity contribution in [2.75, 3.05) is 18.0 Å². The van der Waals surface area contributed by atoms with Gasteiger partial charge in [0.25, 0.3) is 5.69 Å². The molecule has 1 unspecified atom stereocenters. The number of nitro groups is 1. The first kappa shape index (κ1) is 11.8. The molecule has 1 aliphatic rings. The summed E-state index contributed by atoms with van der Waals surface area (Å²) < 4.78 is 13.7. The number of hydrogen-bond donors (Lipinski definition) is 1. The Balaban J connectivity index is 2.23. The van der Waals surface area contributed by atoms with Gasteiger partial charge < -0.3 is 10.6 Å². The van der Waals surface area contributed by atoms with Crippen molar-refractivity contribution in [3.63, 3.8) is 0 Å². The third kappa shape index (κ3) is 2.52. The van der Waals surface area contributed by atoms with Crippen LogP contribution in [0.25, 0.3) is 0 Å². The molecule has 0 amide bonds. The minimum atomic E-state index is -0.602. The summed E-state index contributed by atoms with van der Waals surface area (Å²) >= 11 is 0. The van der Waals surface area contributed by atoms with Gasteiger partial charge in [-0.15, -0.1) is 0 Å². The number of non-ortho nitro benzene ring substituents is 1. The highest BCUT2D eigenvalue weighted by Gasteiger charge is 2.20. The van der Waals surface area contributed by atoms with Gasteiger partial charge >= 0.3 is 0 Å². The zero-order valence-electron chi connectivity index (χ0n) is 9.30. The minimum Gasteiger partial charge on any atom is -0.368 e. The summed E-state index contributed by atoms with van der Waals surface area (Å²) in [4.78, 5) is 11.7. The second-order valence-electron chi connectivity index (χ2n) is 4.24. The molecule has 0 bridgehead atoms. The van der Waals surface area contributed by atoms with Gasteiger partial charge in [0.2, 0.25) is 0 Å². The molecule has 1 aromatic rings. The van der Waals surface area contributed by atoms with E-state index in [0.717, 1.165) is 25.5 Å². The Morgan fingerprint density at radius 3 is 2.88 bits per heavy atom. The van der Waals surface area contributed by atoms with Gasteiger partial charge in [0.05, 0.1) is 16.7 Å². The molecule has 0 saturated carbocycles. The minimum absolute atomic E-state index is 0.0401. The van der Waals surface area contributed by atoms with Crippen LogP contribution in [0, 0.1) is 15.9 Å². The summed E-state index contributed by atoms with van der Waals surface area (Å²) in [5, 5.41) is 10.5. The quantitative estimate of drug-likeness (QED) is 0.629. The summed E-state index contributed by atoms with van der Waals surface area (Å²) in [5.41, 5.74) is 5.98. The molecule has 5 nitrogen and oxygen atoms in total. The average Bonchev–Trinajstić information content (AvgIpc) is 2.28. The van der Waals surface area contributed by atoms with E-state index < -0.39 is 10.7 Å². The molecular weight excluding hydrogens is 225 g/mol. The molecule has 0 spiro atoms. The van der Waals surface area contributed by atoms with E-state index in [0.29, 0.717) is 12.2 Å². The number of nitrogens with two attached hydrogens (primary N) is 1. The highest BCUT2D eigenvalue weighted by atomic mass is 19.1. The van der Waals surface area contributed by atoms with Gasteiger partial charge in [-0.3, -0.25) is 10.1 Å². The predicted molar refractivity (Wildman–Crippen MR) is 62.5 cm³/mol. The summed E-state index contributed by atoms with van der Waals surface area (Å²) in [7, 11) is 0. The first-order valence-corrected chi connectivity index (χ1v) is 5.52. The maximum atomic E-state index is 13.7. The van der Waals surface area contributed by atoms with Crippen molar-refractivity contribution >= 4 is 11.4 Å². The molecule has 17 heavy (non-hydrogen) atoms. The summed E-state index contributed by atoms with van der Waals surface area (Å²) in [5.74, 6) is -0.562. The van der Waals surface area contributed by atoms with Crippen LogP contribution in [0.5, 0.6) is 0 Å². The van der Waals surface area contributed by atoms with Gasteiger partial charge in [0, 0.05) is 25.2 Å². The van der Waals surface area contributed by atoms with Crippen LogP contribution in [-0.4, -0.2) is 24.1 Å². The van der Waals surface area contributed by atoms with Crippen molar-refractivity contribution in [3.05, 3.63) is 34.1 Å². The number of nitro benzene ring substituents is 1. The van der Waals surface area contributed by atoms with Gasteiger partial charge in [-0.25, -0.2) is 4.39 Å². The van der Waals surface area contributed by atoms with E-state index in [1.165, 1.54) is 12.1 Å². The first-order valence-electron chi connectivity index (χ1n) is 5.52. The van der Waals surface area contributed by atoms with Gasteiger partial charge in [-0.1, -0.05) is 0 Å². The van der Waals surface area contributed by atoms with Crippen LogP contribution in [0.2, 0.25) is 0 Å². The van der Waals surface area contributed by atoms with Crippen molar-refractivity contribution in [3.8, 4) is 0 Å². The Bertz CT molecular complexity index is 439. The molecule has 2 rings (SSSR count). The lowest BCUT2D eigenvalue weighted by molar-refractivity contribution is -0.385. The van der Waals surface area contributed by atoms with E-state index in [9.17, 15) is 14.5 Å². The molecule has 1 atom stereocenters. The lowest BCUT2D eigenvalue weighted by Crippen LogP contribution is -2.43. The summed E-state index contributed by atoms with van der Waals surface area (Å²) in [6.07, 6.45) is 1.85. The highest BCUT2D eigenvalue weighted by molar-refractivity contribution is 5.52. The van der Waals surface area contributed by atoms with E-state index in [2.05, 4.69) is 0 Å². The Morgan fingerprint density at radius 1 is 1.53 bits per heavy atom. The zero-order valence-corrected chi connectivity index (χ0v) is 9.30. The fraction of sp³-hybridized carbons (Fsp3) is 0.455. The number of hydrogen-bond acceptors (Lipinski definition) is 4. The van der Waals surface area contributed by atoms with E-state index in [-0.39, 0.29) is 11.7 Å². The van der Waals surface area contributed by atoms with Gasteiger partial charge in [-0.2, -0.15) is 0 Å². The molecular formula is C11H14FN3O2. The Labute approximate surface area is 98.2 Å². The Hall–Kier alpha value is -1.69. The van der Waals surface area contributed by atoms with Gasteiger partial charge in [0.15, 0.2) is 5.82 Å². The van der Waals surface area contributed by atoms with Crippen molar-refractivity contribution in [1.29, 1.82) is 0 Å². The van der Waals surface area contributed by atoms with Gasteiger partial charge in [0.1, 0.15) is 0 Å². The lowest BCUT2D eigenvalue weighted by Gasteiger charge is -2.32. The maximum absolute atomic E-state index is 13.7. The number of benzene rings is 1. The van der Waals surface area contributed by atoms with Crippen LogP contribution in [0.1, 0.15) is 12.8 Å². The number of piperidine rings is 1. The normalized spacial score (nSPS) is 20.4. The second-order valence-corrected chi connectivity index (χ2v) is 4.24. The first-order chi connectivity index (χ1) is 8.08. The molecule has 0 aromatic heterocycles. The van der Waals surface area contributed by atoms with Crippen LogP contribution in [0.4, 0.5) is 15.8 Å². The zero-order chi connectivity index (χ0) is 12.4. The third-order valence-corrected chi connectivity index (χ3v) is 2.94. The molecule has 92 valence electrons. The molecule has 0 radical (unpaired) electrons. The number of rotatable bonds is 2. The predicted octanol–water partition coefficient (Wildman–Crippen LogP) is 1.66.